The first-order chi connectivity index (χ1) is 8.97. The van der Waals surface area contributed by atoms with Gasteiger partial charge in [0.15, 0.2) is 0 Å². The number of thioether (sulfide) groups is 1. The molecule has 0 aliphatic carbocycles. The van der Waals surface area contributed by atoms with Crippen LogP contribution >= 0.6 is 34.4 Å². The molecule has 3 nitrogen and oxygen atoms in total. The molecular weight excluding hydrogens is 415 g/mol. The Hall–Kier alpha value is 0.684. The number of halogens is 1. The van der Waals surface area contributed by atoms with Gasteiger partial charge in [-0.1, -0.05) is 61.9 Å². The van der Waals surface area contributed by atoms with Crippen LogP contribution in [0, 0.1) is 0 Å². The lowest BCUT2D eigenvalue weighted by Crippen LogP contribution is -2.74. The summed E-state index contributed by atoms with van der Waals surface area (Å²) in [5, 5.41) is 0.160. The summed E-state index contributed by atoms with van der Waals surface area (Å²) in [4.78, 5) is 13.8. The average molecular weight is 440 g/mol. The van der Waals surface area contributed by atoms with E-state index in [1.807, 2.05) is 16.7 Å². The number of amides is 1. The zero-order valence-corrected chi connectivity index (χ0v) is 18.1. The lowest BCUT2D eigenvalue weighted by Gasteiger charge is -2.60. The first-order valence-corrected chi connectivity index (χ1v) is 16.4. The maximum atomic E-state index is 11.9. The van der Waals surface area contributed by atoms with Crippen LogP contribution in [0.15, 0.2) is 11.8 Å². The van der Waals surface area contributed by atoms with Gasteiger partial charge in [-0.25, -0.2) is 0 Å². The molecule has 2 heterocycles. The molecule has 1 saturated heterocycles. The molecule has 0 aromatic rings. The van der Waals surface area contributed by atoms with Crippen LogP contribution in [0.25, 0.3) is 0 Å². The fourth-order valence-electron chi connectivity index (χ4n) is 3.86. The highest BCUT2D eigenvalue weighted by Gasteiger charge is 2.62. The number of fused-ring (bicyclic) bond motifs is 1. The zero-order chi connectivity index (χ0) is 15.5. The molecule has 0 aromatic carbocycles. The number of hydrogen-bond donors (Lipinski definition) is 1. The van der Waals surface area contributed by atoms with Crippen molar-refractivity contribution >= 4 is 56.4 Å². The molecule has 2 aliphatic rings. The second-order valence-corrected chi connectivity index (χ2v) is 21.6. The van der Waals surface area contributed by atoms with Gasteiger partial charge >= 0.3 is 0 Å². The third-order valence-corrected chi connectivity index (χ3v) is 20.4. The number of nitrogens with two attached hydrogens (primary N) is 1. The third-order valence-electron chi connectivity index (χ3n) is 4.42. The fourth-order valence-corrected chi connectivity index (χ4v) is 21.6. The van der Waals surface area contributed by atoms with E-state index in [-0.39, 0.29) is 21.3 Å². The number of rotatable bonds is 3. The van der Waals surface area contributed by atoms with Crippen LogP contribution in [0.1, 0.15) is 0 Å². The molecule has 1 fully saturated rings. The van der Waals surface area contributed by atoms with Gasteiger partial charge in [-0.05, 0) is 5.57 Å². The Morgan fingerprint density at radius 1 is 1.30 bits per heavy atom. The van der Waals surface area contributed by atoms with E-state index in [1.165, 1.54) is 5.57 Å². The molecule has 2 rings (SSSR count). The van der Waals surface area contributed by atoms with Gasteiger partial charge in [0.2, 0.25) is 5.91 Å². The fraction of sp³-hybridized carbons (Fsp3) is 0.769. The maximum absolute atomic E-state index is 11.9. The van der Waals surface area contributed by atoms with E-state index >= 15 is 0 Å². The third kappa shape index (κ3) is 2.19. The van der Waals surface area contributed by atoms with Crippen molar-refractivity contribution in [3.63, 3.8) is 0 Å². The summed E-state index contributed by atoms with van der Waals surface area (Å²) in [7, 11) is -2.91. The van der Waals surface area contributed by atoms with E-state index in [4.69, 9.17) is 5.73 Å². The smallest absolute Gasteiger partial charge is 0.247 e. The normalized spacial score (nSPS) is 29.7. The van der Waals surface area contributed by atoms with Gasteiger partial charge in [-0.2, -0.15) is 0 Å². The Balaban J connectivity index is 2.60. The molecule has 2 atom stereocenters. The summed E-state index contributed by atoms with van der Waals surface area (Å²) in [6.45, 7) is 14.8. The van der Waals surface area contributed by atoms with Crippen LogP contribution in [-0.2, 0) is 4.79 Å². The van der Waals surface area contributed by atoms with Gasteiger partial charge in [0, 0.05) is 14.6 Å². The molecule has 1 amide bonds. The standard InChI is InChI=1S/C13H25IN2OSSi2/c1-19(2,3)13(20(4,5)6)9(7-14)8-16-11(17)10(15)12(16)18-13/h8,10,12H,7,15H2,1-6H3/t10?,12-/m1/s1. The van der Waals surface area contributed by atoms with Crippen LogP contribution in [0.4, 0.5) is 0 Å². The van der Waals surface area contributed by atoms with Crippen molar-refractivity contribution in [2.45, 2.75) is 54.7 Å². The van der Waals surface area contributed by atoms with Gasteiger partial charge in [0.05, 0.1) is 16.1 Å². The van der Waals surface area contributed by atoms with Crippen LogP contribution in [0.2, 0.25) is 39.3 Å². The number of β-lactam (4-membered cyclic amide) rings is 1. The number of nitrogens with zero attached hydrogens (tertiary/aromatic N) is 1. The number of alkyl halides is 1. The largest absolute Gasteiger partial charge is 0.317 e. The van der Waals surface area contributed by atoms with Gasteiger partial charge in [0.25, 0.3) is 0 Å². The van der Waals surface area contributed by atoms with Gasteiger partial charge in [-0.3, -0.25) is 4.79 Å². The molecule has 20 heavy (non-hydrogen) atoms. The zero-order valence-electron chi connectivity index (χ0n) is 13.2. The van der Waals surface area contributed by atoms with Crippen LogP contribution < -0.4 is 5.73 Å². The molecule has 7 heteroatoms. The Labute approximate surface area is 142 Å². The van der Waals surface area contributed by atoms with Crippen LogP contribution in [0.3, 0.4) is 0 Å². The summed E-state index contributed by atoms with van der Waals surface area (Å²) in [6, 6.07) is -0.306. The lowest BCUT2D eigenvalue weighted by molar-refractivity contribution is -0.140. The summed E-state index contributed by atoms with van der Waals surface area (Å²) in [5.74, 6) is 0.0876. The van der Waals surface area contributed by atoms with E-state index in [0.29, 0.717) is 0 Å². The van der Waals surface area contributed by atoms with Gasteiger partial charge < -0.3 is 10.6 Å². The van der Waals surface area contributed by atoms with Crippen molar-refractivity contribution in [3.8, 4) is 0 Å². The number of hydrogen-bond acceptors (Lipinski definition) is 3. The SMILES string of the molecule is C[Si](C)(C)C1([Si](C)(C)C)S[C@@H]2C(N)C(=O)N2C=C1CI. The predicted octanol–water partition coefficient (Wildman–Crippen LogP) is 3.04. The minimum atomic E-state index is -1.46. The minimum absolute atomic E-state index is 0.0876. The molecule has 0 bridgehead atoms. The van der Waals surface area contributed by atoms with Gasteiger partial charge in [0.1, 0.15) is 11.4 Å². The predicted molar refractivity (Wildman–Crippen MR) is 103 cm³/mol. The highest BCUT2D eigenvalue weighted by atomic mass is 127. The molecule has 114 valence electrons. The molecule has 1 unspecified atom stereocenters. The summed E-state index contributed by atoms with van der Waals surface area (Å²) < 4.78 is 1.27. The van der Waals surface area contributed by atoms with Crippen molar-refractivity contribution in [1.29, 1.82) is 0 Å². The molecular formula is C13H25IN2OSSi2. The number of carbonyl (C=O) groups excluding carboxylic acids is 1. The first-order valence-electron chi connectivity index (χ1n) is 7.00. The van der Waals surface area contributed by atoms with Crippen molar-refractivity contribution in [2.24, 2.45) is 5.73 Å². The quantitative estimate of drug-likeness (QED) is 0.318. The Kier molecular flexibility index (Phi) is 4.35. The maximum Gasteiger partial charge on any atom is 0.247 e. The van der Waals surface area contributed by atoms with Crippen LogP contribution in [-0.4, -0.2) is 46.8 Å². The van der Waals surface area contributed by atoms with Crippen molar-refractivity contribution in [1.82, 2.24) is 4.90 Å². The molecule has 2 N–H and O–H groups in total. The molecule has 0 saturated carbocycles. The Morgan fingerprint density at radius 2 is 1.80 bits per heavy atom. The second kappa shape index (κ2) is 5.11. The summed E-state index contributed by atoms with van der Waals surface area (Å²) in [6.07, 6.45) is 2.15. The van der Waals surface area contributed by atoms with E-state index in [1.54, 1.807) is 0 Å². The summed E-state index contributed by atoms with van der Waals surface area (Å²) >= 11 is 4.48. The highest BCUT2D eigenvalue weighted by Crippen LogP contribution is 2.55. The molecule has 0 radical (unpaired) electrons. The van der Waals surface area contributed by atoms with Crippen molar-refractivity contribution in [2.75, 3.05) is 4.43 Å². The van der Waals surface area contributed by atoms with Gasteiger partial charge in [-0.15, -0.1) is 11.8 Å². The molecule has 0 spiro atoms. The van der Waals surface area contributed by atoms with E-state index < -0.39 is 16.1 Å². The molecule has 0 aromatic heterocycles. The van der Waals surface area contributed by atoms with E-state index in [9.17, 15) is 4.79 Å². The minimum Gasteiger partial charge on any atom is -0.317 e. The second-order valence-electron chi connectivity index (χ2n) is 7.75. The average Bonchev–Trinajstić information content (AvgIpc) is 2.33. The first kappa shape index (κ1) is 17.0. The Morgan fingerprint density at radius 3 is 2.20 bits per heavy atom. The Bertz CT molecular complexity index is 456. The van der Waals surface area contributed by atoms with E-state index in [2.05, 4.69) is 68.1 Å². The van der Waals surface area contributed by atoms with E-state index in [0.717, 1.165) is 4.43 Å². The number of carbonyl (C=O) groups is 1. The highest BCUT2D eigenvalue weighted by molar-refractivity contribution is 14.1. The monoisotopic (exact) mass is 440 g/mol. The topological polar surface area (TPSA) is 46.3 Å². The van der Waals surface area contributed by atoms with Crippen molar-refractivity contribution in [3.05, 3.63) is 11.8 Å². The summed E-state index contributed by atoms with van der Waals surface area (Å²) in [5.41, 5.74) is 7.53. The van der Waals surface area contributed by atoms with Crippen molar-refractivity contribution < 1.29 is 4.79 Å². The van der Waals surface area contributed by atoms with Crippen LogP contribution in [0.5, 0.6) is 0 Å². The molecule has 2 aliphatic heterocycles. The lowest BCUT2D eigenvalue weighted by atomic mass is 10.1.